The Bertz CT molecular complexity index is 1290. The van der Waals surface area contributed by atoms with Crippen molar-refractivity contribution in [1.29, 1.82) is 0 Å². The van der Waals surface area contributed by atoms with Crippen LogP contribution in [0.2, 0.25) is 0 Å². The van der Waals surface area contributed by atoms with Gasteiger partial charge in [0.1, 0.15) is 17.0 Å². The van der Waals surface area contributed by atoms with Gasteiger partial charge in [0.05, 0.1) is 28.9 Å². The number of fused-ring (bicyclic) bond motifs is 4. The van der Waals surface area contributed by atoms with Crippen molar-refractivity contribution in [2.24, 2.45) is 10.9 Å². The van der Waals surface area contributed by atoms with E-state index in [1.807, 2.05) is 20.3 Å². The highest BCUT2D eigenvalue weighted by Gasteiger charge is 2.30. The van der Waals surface area contributed by atoms with Crippen LogP contribution in [0.1, 0.15) is 41.8 Å². The predicted octanol–water partition coefficient (Wildman–Crippen LogP) is 3.74. The summed E-state index contributed by atoms with van der Waals surface area (Å²) in [5, 5.41) is 18.2. The second-order valence-electron chi connectivity index (χ2n) is 9.94. The molecule has 0 saturated carbocycles. The first-order valence-corrected chi connectivity index (χ1v) is 12.4. The zero-order chi connectivity index (χ0) is 24.0. The number of aryl methyl sites for hydroxylation is 1. The number of hydrogen-bond acceptors (Lipinski definition) is 8. The second-order valence-corrected chi connectivity index (χ2v) is 11.0. The lowest BCUT2D eigenvalue weighted by atomic mass is 9.87. The number of hydrogen-bond donors (Lipinski definition) is 3. The van der Waals surface area contributed by atoms with Crippen molar-refractivity contribution in [2.45, 2.75) is 45.3 Å². The van der Waals surface area contributed by atoms with Crippen molar-refractivity contribution in [2.75, 3.05) is 31.3 Å². The van der Waals surface area contributed by atoms with E-state index in [9.17, 15) is 9.90 Å². The summed E-state index contributed by atoms with van der Waals surface area (Å²) < 4.78 is 0. The molecule has 2 aliphatic rings. The molecule has 178 valence electrons. The quantitative estimate of drug-likeness (QED) is 0.499. The van der Waals surface area contributed by atoms with E-state index < -0.39 is 5.60 Å². The van der Waals surface area contributed by atoms with Gasteiger partial charge in [-0.1, -0.05) is 0 Å². The highest BCUT2D eigenvalue weighted by atomic mass is 32.1. The number of carbonyl (C=O) groups excluding carboxylic acids is 1. The van der Waals surface area contributed by atoms with Gasteiger partial charge in [-0.25, -0.2) is 9.97 Å². The molecule has 3 heterocycles. The lowest BCUT2D eigenvalue weighted by Gasteiger charge is -2.24. The Morgan fingerprint density at radius 3 is 2.85 bits per heavy atom. The van der Waals surface area contributed by atoms with Gasteiger partial charge in [0.25, 0.3) is 0 Å². The molecule has 9 heteroatoms. The third kappa shape index (κ3) is 4.37. The third-order valence-corrected chi connectivity index (χ3v) is 7.53. The van der Waals surface area contributed by atoms with Crippen LogP contribution in [-0.4, -0.2) is 58.3 Å². The first kappa shape index (κ1) is 22.7. The van der Waals surface area contributed by atoms with Crippen LogP contribution in [0, 0.1) is 5.92 Å². The molecular formula is C25H30N6O2S. The molecule has 1 aliphatic carbocycles. The van der Waals surface area contributed by atoms with E-state index in [-0.39, 0.29) is 11.8 Å². The molecule has 2 aromatic heterocycles. The summed E-state index contributed by atoms with van der Waals surface area (Å²) in [5.74, 6) is 0.976. The average molecular weight is 479 g/mol. The number of thiophene rings is 1. The lowest BCUT2D eigenvalue weighted by molar-refractivity contribution is -0.133. The molecule has 0 bridgehead atoms. The van der Waals surface area contributed by atoms with Gasteiger partial charge in [-0.3, -0.25) is 9.79 Å². The maximum absolute atomic E-state index is 12.5. The molecule has 1 aromatic carbocycles. The van der Waals surface area contributed by atoms with Gasteiger partial charge in [0.2, 0.25) is 5.91 Å². The Morgan fingerprint density at radius 1 is 1.26 bits per heavy atom. The number of aliphatic hydroxyl groups is 1. The van der Waals surface area contributed by atoms with E-state index >= 15 is 0 Å². The summed E-state index contributed by atoms with van der Waals surface area (Å²) in [4.78, 5) is 30.0. The maximum Gasteiger partial charge on any atom is 0.225 e. The summed E-state index contributed by atoms with van der Waals surface area (Å²) >= 11 is 1.66. The highest BCUT2D eigenvalue weighted by molar-refractivity contribution is 7.19. The van der Waals surface area contributed by atoms with E-state index in [0.717, 1.165) is 57.8 Å². The molecule has 1 atom stereocenters. The van der Waals surface area contributed by atoms with Gasteiger partial charge >= 0.3 is 0 Å². The van der Waals surface area contributed by atoms with E-state index in [0.29, 0.717) is 13.1 Å². The Hall–Kier alpha value is -3.04. The number of aromatic nitrogens is 2. The molecule has 1 aliphatic heterocycles. The maximum atomic E-state index is 12.5. The van der Waals surface area contributed by atoms with Crippen LogP contribution in [0.15, 0.2) is 23.5 Å². The molecule has 34 heavy (non-hydrogen) atoms. The van der Waals surface area contributed by atoms with Crippen LogP contribution in [-0.2, 0) is 24.2 Å². The number of rotatable bonds is 6. The Balaban J connectivity index is 1.51. The van der Waals surface area contributed by atoms with Crippen molar-refractivity contribution in [1.82, 2.24) is 14.9 Å². The molecule has 0 spiro atoms. The van der Waals surface area contributed by atoms with Crippen LogP contribution < -0.4 is 10.6 Å². The molecular weight excluding hydrogens is 448 g/mol. The Kier molecular flexibility index (Phi) is 5.77. The SMILES string of the molecule is CN(C)C(=O)[C@H]1CCc2c(sc3ncnc(Nc4cc5c(cc4NCC(C)(C)O)CN=C5)c23)C1. The van der Waals surface area contributed by atoms with Crippen LogP contribution in [0.25, 0.3) is 10.2 Å². The third-order valence-electron chi connectivity index (χ3n) is 6.37. The molecule has 5 rings (SSSR count). The smallest absolute Gasteiger partial charge is 0.225 e. The van der Waals surface area contributed by atoms with Crippen LogP contribution >= 0.6 is 11.3 Å². The van der Waals surface area contributed by atoms with Crippen molar-refractivity contribution in [3.8, 4) is 0 Å². The van der Waals surface area contributed by atoms with Gasteiger partial charge in [-0.05, 0) is 61.9 Å². The number of benzene rings is 1. The molecule has 1 amide bonds. The zero-order valence-corrected chi connectivity index (χ0v) is 20.8. The average Bonchev–Trinajstić information content (AvgIpc) is 3.39. The Morgan fingerprint density at radius 2 is 2.09 bits per heavy atom. The number of carbonyl (C=O) groups is 1. The lowest BCUT2D eigenvalue weighted by Crippen LogP contribution is -2.32. The fraction of sp³-hybridized carbons (Fsp3) is 0.440. The van der Waals surface area contributed by atoms with E-state index in [4.69, 9.17) is 0 Å². The topological polar surface area (TPSA) is 103 Å². The minimum atomic E-state index is -0.845. The summed E-state index contributed by atoms with van der Waals surface area (Å²) in [6, 6.07) is 4.17. The second kappa shape index (κ2) is 8.63. The van der Waals surface area contributed by atoms with Crippen molar-refractivity contribution >= 4 is 50.9 Å². The molecule has 8 nitrogen and oxygen atoms in total. The van der Waals surface area contributed by atoms with Crippen molar-refractivity contribution < 1.29 is 9.90 Å². The van der Waals surface area contributed by atoms with Gasteiger partial charge in [-0.15, -0.1) is 11.3 Å². The fourth-order valence-electron chi connectivity index (χ4n) is 4.63. The van der Waals surface area contributed by atoms with Gasteiger partial charge in [-0.2, -0.15) is 0 Å². The monoisotopic (exact) mass is 478 g/mol. The number of anilines is 3. The summed E-state index contributed by atoms with van der Waals surface area (Å²) in [6.07, 6.45) is 5.90. The van der Waals surface area contributed by atoms with Crippen LogP contribution in [0.3, 0.4) is 0 Å². The molecule has 0 saturated heterocycles. The number of aliphatic imine (C=N–C) groups is 1. The molecule has 0 radical (unpaired) electrons. The van der Waals surface area contributed by atoms with E-state index in [1.165, 1.54) is 10.4 Å². The summed E-state index contributed by atoms with van der Waals surface area (Å²) in [6.45, 7) is 4.64. The predicted molar refractivity (Wildman–Crippen MR) is 137 cm³/mol. The van der Waals surface area contributed by atoms with Gasteiger partial charge in [0.15, 0.2) is 0 Å². The van der Waals surface area contributed by atoms with Gasteiger partial charge in [0, 0.05) is 37.6 Å². The molecule has 0 fully saturated rings. The normalized spacial score (nSPS) is 16.9. The van der Waals surface area contributed by atoms with Crippen LogP contribution in [0.4, 0.5) is 17.2 Å². The van der Waals surface area contributed by atoms with Crippen molar-refractivity contribution in [3.05, 3.63) is 40.0 Å². The Labute approximate surface area is 203 Å². The zero-order valence-electron chi connectivity index (χ0n) is 20.0. The molecule has 3 N–H and O–H groups in total. The van der Waals surface area contributed by atoms with Gasteiger partial charge < -0.3 is 20.6 Å². The molecule has 3 aromatic rings. The summed E-state index contributed by atoms with van der Waals surface area (Å²) in [7, 11) is 3.64. The first-order chi connectivity index (χ1) is 16.2. The minimum Gasteiger partial charge on any atom is -0.389 e. The number of nitrogens with one attached hydrogen (secondary N) is 2. The van der Waals surface area contributed by atoms with E-state index in [1.54, 1.807) is 36.4 Å². The first-order valence-electron chi connectivity index (χ1n) is 11.6. The molecule has 0 unspecified atom stereocenters. The van der Waals surface area contributed by atoms with Crippen molar-refractivity contribution in [3.63, 3.8) is 0 Å². The fourth-order valence-corrected chi connectivity index (χ4v) is 5.90. The number of nitrogens with zero attached hydrogens (tertiary/aromatic N) is 4. The summed E-state index contributed by atoms with van der Waals surface area (Å²) in [5.41, 5.74) is 4.42. The largest absolute Gasteiger partial charge is 0.389 e. The standard InChI is InChI=1S/C25H30N6O2S/c1-25(2,33)12-27-18-7-15-10-26-11-16(15)8-19(18)30-22-21-17-6-5-14(24(32)31(3)4)9-20(17)34-23(21)29-13-28-22/h7-8,11,13-14,27,33H,5-6,9-10,12H2,1-4H3,(H,28,29,30)/t14-/m0/s1. The number of amides is 1. The van der Waals surface area contributed by atoms with Crippen LogP contribution in [0.5, 0.6) is 0 Å². The highest BCUT2D eigenvalue weighted by Crippen LogP contribution is 2.41. The van der Waals surface area contributed by atoms with E-state index in [2.05, 4.69) is 37.7 Å². The minimum absolute atomic E-state index is 0.0218.